The number of carbonyl (C=O) groups excluding carboxylic acids is 2. The maximum absolute atomic E-state index is 13.0. The number of hydrogen-bond donors (Lipinski definition) is 2. The normalized spacial score (nSPS) is 11.7. The van der Waals surface area contributed by atoms with E-state index in [1.54, 1.807) is 22.1 Å². The van der Waals surface area contributed by atoms with Crippen molar-refractivity contribution in [2.75, 3.05) is 11.1 Å². The predicted molar refractivity (Wildman–Crippen MR) is 157 cm³/mol. The smallest absolute Gasteiger partial charge is 0.270 e. The number of anilines is 1. The van der Waals surface area contributed by atoms with Gasteiger partial charge in [-0.05, 0) is 18.9 Å². The number of non-ortho nitro benzene ring substituents is 2. The van der Waals surface area contributed by atoms with Crippen LogP contribution >= 0.6 is 23.1 Å². The van der Waals surface area contributed by atoms with Gasteiger partial charge in [0, 0.05) is 47.3 Å². The molecule has 14 nitrogen and oxygen atoms in total. The molecule has 0 spiro atoms. The van der Waals surface area contributed by atoms with Crippen molar-refractivity contribution in [1.82, 2.24) is 25.1 Å². The quantitative estimate of drug-likeness (QED) is 0.124. The second kappa shape index (κ2) is 13.3. The van der Waals surface area contributed by atoms with Gasteiger partial charge in [-0.15, -0.1) is 21.5 Å². The van der Waals surface area contributed by atoms with Gasteiger partial charge in [0.25, 0.3) is 17.3 Å². The Morgan fingerprint density at radius 2 is 1.74 bits per heavy atom. The summed E-state index contributed by atoms with van der Waals surface area (Å²) in [6, 6.07) is 11.0. The highest BCUT2D eigenvalue weighted by Gasteiger charge is 2.27. The van der Waals surface area contributed by atoms with Crippen LogP contribution in [0.5, 0.6) is 0 Å². The van der Waals surface area contributed by atoms with E-state index in [9.17, 15) is 29.8 Å². The van der Waals surface area contributed by atoms with E-state index < -0.39 is 21.8 Å². The molecule has 0 aliphatic heterocycles. The first-order valence-electron chi connectivity index (χ1n) is 12.7. The summed E-state index contributed by atoms with van der Waals surface area (Å²) in [4.78, 5) is 51.1. The number of carbonyl (C=O) groups is 2. The minimum Gasteiger partial charge on any atom is -0.342 e. The molecule has 2 aromatic heterocycles. The summed E-state index contributed by atoms with van der Waals surface area (Å²) in [5.74, 6) is -0.392. The van der Waals surface area contributed by atoms with E-state index >= 15 is 0 Å². The molecule has 0 saturated heterocycles. The van der Waals surface area contributed by atoms with Crippen molar-refractivity contribution in [1.29, 1.82) is 0 Å². The highest BCUT2D eigenvalue weighted by molar-refractivity contribution is 7.99. The van der Waals surface area contributed by atoms with E-state index in [4.69, 9.17) is 0 Å². The van der Waals surface area contributed by atoms with Crippen molar-refractivity contribution >= 4 is 51.4 Å². The average molecular weight is 611 g/mol. The minimum absolute atomic E-state index is 0.0102. The predicted octanol–water partition coefficient (Wildman–Crippen LogP) is 5.10. The van der Waals surface area contributed by atoms with Gasteiger partial charge in [-0.1, -0.05) is 43.8 Å². The zero-order chi connectivity index (χ0) is 30.4. The molecular formula is C26H26N8O6S2. The van der Waals surface area contributed by atoms with Crippen LogP contribution in [0.4, 0.5) is 16.5 Å². The van der Waals surface area contributed by atoms with Gasteiger partial charge in [-0.2, -0.15) is 0 Å². The Hall–Kier alpha value is -4.70. The molecular weight excluding hydrogens is 584 g/mol. The maximum atomic E-state index is 13.0. The summed E-state index contributed by atoms with van der Waals surface area (Å²) >= 11 is 2.37. The highest BCUT2D eigenvalue weighted by Crippen LogP contribution is 2.29. The lowest BCUT2D eigenvalue weighted by atomic mass is 10.0. The third kappa shape index (κ3) is 7.13. The summed E-state index contributed by atoms with van der Waals surface area (Å²) in [5.41, 5.74) is 0.991. The third-order valence-corrected chi connectivity index (χ3v) is 7.77. The van der Waals surface area contributed by atoms with Gasteiger partial charge in [-0.3, -0.25) is 29.8 Å². The van der Waals surface area contributed by atoms with Crippen LogP contribution < -0.4 is 10.6 Å². The first-order chi connectivity index (χ1) is 20.1. The summed E-state index contributed by atoms with van der Waals surface area (Å²) in [7, 11) is 0. The lowest BCUT2D eigenvalue weighted by Gasteiger charge is -2.22. The van der Waals surface area contributed by atoms with Gasteiger partial charge < -0.3 is 15.2 Å². The Labute approximate surface area is 247 Å². The summed E-state index contributed by atoms with van der Waals surface area (Å²) in [6.07, 6.45) is 0. The molecule has 218 valence electrons. The molecule has 0 fully saturated rings. The Morgan fingerprint density at radius 1 is 1.05 bits per heavy atom. The highest BCUT2D eigenvalue weighted by atomic mass is 32.2. The number of nitrogens with one attached hydrogen (secondary N) is 2. The molecule has 0 radical (unpaired) electrons. The van der Waals surface area contributed by atoms with Crippen molar-refractivity contribution in [3.63, 3.8) is 0 Å². The van der Waals surface area contributed by atoms with E-state index in [-0.39, 0.29) is 34.5 Å². The SMILES string of the molecule is CCn1c(SCC(=O)Nc2nc(-c3cccc([N+](=O)[O-])c3)cs2)nnc1C(NC(=O)c1cccc([N+](=O)[O-])c1)C(C)C. The van der Waals surface area contributed by atoms with Crippen LogP contribution in [0.1, 0.15) is 43.0 Å². The van der Waals surface area contributed by atoms with Crippen LogP contribution in [-0.2, 0) is 11.3 Å². The fourth-order valence-corrected chi connectivity index (χ4v) is 5.52. The largest absolute Gasteiger partial charge is 0.342 e. The van der Waals surface area contributed by atoms with Crippen LogP contribution in [-0.4, -0.2) is 47.2 Å². The van der Waals surface area contributed by atoms with Crippen molar-refractivity contribution < 1.29 is 19.4 Å². The first-order valence-corrected chi connectivity index (χ1v) is 14.5. The topological polar surface area (TPSA) is 188 Å². The van der Waals surface area contributed by atoms with E-state index in [2.05, 4.69) is 25.8 Å². The minimum atomic E-state index is -0.561. The van der Waals surface area contributed by atoms with Crippen LogP contribution in [0, 0.1) is 26.1 Å². The third-order valence-electron chi connectivity index (χ3n) is 6.05. The number of benzene rings is 2. The first kappa shape index (κ1) is 30.3. The molecule has 1 unspecified atom stereocenters. The average Bonchev–Trinajstić information content (AvgIpc) is 3.61. The Morgan fingerprint density at radius 3 is 2.40 bits per heavy atom. The summed E-state index contributed by atoms with van der Waals surface area (Å²) in [6.45, 7) is 6.18. The van der Waals surface area contributed by atoms with Crippen molar-refractivity contribution in [2.45, 2.75) is 38.5 Å². The van der Waals surface area contributed by atoms with E-state index in [0.717, 1.165) is 0 Å². The zero-order valence-corrected chi connectivity index (χ0v) is 24.3. The van der Waals surface area contributed by atoms with E-state index in [0.29, 0.717) is 33.9 Å². The number of thioether (sulfide) groups is 1. The van der Waals surface area contributed by atoms with Crippen LogP contribution in [0.3, 0.4) is 0 Å². The molecule has 4 aromatic rings. The molecule has 2 aromatic carbocycles. The van der Waals surface area contributed by atoms with Crippen LogP contribution in [0.25, 0.3) is 11.3 Å². The number of hydrogen-bond acceptors (Lipinski definition) is 11. The Kier molecular flexibility index (Phi) is 9.59. The summed E-state index contributed by atoms with van der Waals surface area (Å²) in [5, 5.41) is 38.9. The van der Waals surface area contributed by atoms with Gasteiger partial charge in [0.15, 0.2) is 16.1 Å². The molecule has 0 aliphatic rings. The van der Waals surface area contributed by atoms with E-state index in [1.807, 2.05) is 20.8 Å². The van der Waals surface area contributed by atoms with E-state index in [1.165, 1.54) is 59.5 Å². The zero-order valence-electron chi connectivity index (χ0n) is 22.7. The van der Waals surface area contributed by atoms with Crippen molar-refractivity contribution in [3.05, 3.63) is 85.5 Å². The maximum Gasteiger partial charge on any atom is 0.270 e. The number of thiazole rings is 1. The number of aromatic nitrogens is 4. The molecule has 0 bridgehead atoms. The Balaban J connectivity index is 1.42. The number of nitro benzene ring substituents is 2. The van der Waals surface area contributed by atoms with Gasteiger partial charge in [0.2, 0.25) is 5.91 Å². The number of amides is 2. The van der Waals surface area contributed by atoms with Crippen molar-refractivity contribution in [2.24, 2.45) is 5.92 Å². The molecule has 2 heterocycles. The molecule has 0 aliphatic carbocycles. The molecule has 16 heteroatoms. The van der Waals surface area contributed by atoms with Crippen molar-refractivity contribution in [3.8, 4) is 11.3 Å². The number of nitrogens with zero attached hydrogens (tertiary/aromatic N) is 6. The number of nitro groups is 2. The fourth-order valence-electron chi connectivity index (χ4n) is 3.98. The monoisotopic (exact) mass is 610 g/mol. The van der Waals surface area contributed by atoms with Gasteiger partial charge in [-0.25, -0.2) is 4.98 Å². The molecule has 2 amide bonds. The van der Waals surface area contributed by atoms with Crippen LogP contribution in [0.2, 0.25) is 0 Å². The van der Waals surface area contributed by atoms with Gasteiger partial charge in [0.05, 0.1) is 27.3 Å². The molecule has 0 saturated carbocycles. The Bertz CT molecular complexity index is 1640. The number of rotatable bonds is 12. The summed E-state index contributed by atoms with van der Waals surface area (Å²) < 4.78 is 1.81. The van der Waals surface area contributed by atoms with Crippen LogP contribution in [0.15, 0.2) is 59.1 Å². The van der Waals surface area contributed by atoms with Gasteiger partial charge >= 0.3 is 0 Å². The second-order valence-electron chi connectivity index (χ2n) is 9.27. The molecule has 1 atom stereocenters. The standard InChI is InChI=1S/C26H26N8O6S2/c1-4-32-23(22(15(2)3)29-24(36)17-8-6-10-19(12-17)34(39)40)30-31-26(32)42-14-21(35)28-25-27-20(13-41-25)16-7-5-9-18(11-16)33(37)38/h5-13,15,22H,4,14H2,1-3H3,(H,29,36)(H,27,28,35). The molecule has 4 rings (SSSR count). The lowest BCUT2D eigenvalue weighted by Crippen LogP contribution is -2.33. The lowest BCUT2D eigenvalue weighted by molar-refractivity contribution is -0.385. The fraction of sp³-hybridized carbons (Fsp3) is 0.269. The van der Waals surface area contributed by atoms with Gasteiger partial charge in [0.1, 0.15) is 0 Å². The molecule has 42 heavy (non-hydrogen) atoms. The molecule has 2 N–H and O–H groups in total. The second-order valence-corrected chi connectivity index (χ2v) is 11.1.